The summed E-state index contributed by atoms with van der Waals surface area (Å²) in [5.41, 5.74) is 2.26. The van der Waals surface area contributed by atoms with Crippen molar-refractivity contribution in [2.45, 2.75) is 6.54 Å². The van der Waals surface area contributed by atoms with Gasteiger partial charge in [-0.25, -0.2) is 9.59 Å². The van der Waals surface area contributed by atoms with Gasteiger partial charge in [0.25, 0.3) is 0 Å². The molecule has 5 heteroatoms. The first-order valence-corrected chi connectivity index (χ1v) is 7.42. The summed E-state index contributed by atoms with van der Waals surface area (Å²) < 4.78 is 4.63. The molecule has 0 aromatic heterocycles. The van der Waals surface area contributed by atoms with Gasteiger partial charge < -0.3 is 15.4 Å². The summed E-state index contributed by atoms with van der Waals surface area (Å²) in [7, 11) is 1.34. The molecule has 2 amide bonds. The molecule has 0 aliphatic rings. The summed E-state index contributed by atoms with van der Waals surface area (Å²) >= 11 is 0. The quantitative estimate of drug-likeness (QED) is 0.670. The van der Waals surface area contributed by atoms with E-state index in [1.54, 1.807) is 24.3 Å². The Kier molecular flexibility index (Phi) is 6.42. The molecule has 2 aromatic rings. The largest absolute Gasteiger partial charge is 0.465 e. The minimum absolute atomic E-state index is 0.266. The number of carbonyl (C=O) groups is 2. The average Bonchev–Trinajstić information content (AvgIpc) is 2.64. The highest BCUT2D eigenvalue weighted by atomic mass is 16.5. The maximum Gasteiger partial charge on any atom is 0.337 e. The van der Waals surface area contributed by atoms with E-state index in [0.29, 0.717) is 12.1 Å². The van der Waals surface area contributed by atoms with Crippen molar-refractivity contribution in [2.24, 2.45) is 0 Å². The first kappa shape index (κ1) is 17.1. The van der Waals surface area contributed by atoms with Gasteiger partial charge in [-0.1, -0.05) is 42.2 Å². The van der Waals surface area contributed by atoms with Crippen LogP contribution in [0.5, 0.6) is 0 Å². The molecule has 2 rings (SSSR count). The average molecular weight is 322 g/mol. The van der Waals surface area contributed by atoms with Crippen molar-refractivity contribution in [1.82, 2.24) is 10.6 Å². The van der Waals surface area contributed by atoms with E-state index >= 15 is 0 Å². The topological polar surface area (TPSA) is 67.4 Å². The molecule has 2 N–H and O–H groups in total. The number of nitrogens with one attached hydrogen (secondary N) is 2. The van der Waals surface area contributed by atoms with Gasteiger partial charge in [-0.15, -0.1) is 0 Å². The molecule has 0 fully saturated rings. The Labute approximate surface area is 141 Å². The minimum atomic E-state index is -0.385. The fourth-order valence-corrected chi connectivity index (χ4v) is 1.91. The fourth-order valence-electron chi connectivity index (χ4n) is 1.91. The molecule has 0 aliphatic heterocycles. The Balaban J connectivity index is 1.73. The van der Waals surface area contributed by atoms with Crippen molar-refractivity contribution < 1.29 is 14.3 Å². The summed E-state index contributed by atoms with van der Waals surface area (Å²) in [6.07, 6.45) is 0. The van der Waals surface area contributed by atoms with Crippen LogP contribution in [0.1, 0.15) is 21.5 Å². The lowest BCUT2D eigenvalue weighted by Crippen LogP contribution is -2.35. The zero-order valence-electron chi connectivity index (χ0n) is 13.3. The second-order valence-corrected chi connectivity index (χ2v) is 4.89. The first-order chi connectivity index (χ1) is 11.7. The van der Waals surface area contributed by atoms with Gasteiger partial charge in [0, 0.05) is 12.1 Å². The molecule has 0 radical (unpaired) electrons. The summed E-state index contributed by atoms with van der Waals surface area (Å²) in [6.45, 7) is 0.626. The highest BCUT2D eigenvalue weighted by Crippen LogP contribution is 2.05. The van der Waals surface area contributed by atoms with Crippen LogP contribution in [0.25, 0.3) is 0 Å². The Morgan fingerprint density at radius 1 is 1.00 bits per heavy atom. The van der Waals surface area contributed by atoms with Crippen molar-refractivity contribution in [2.75, 3.05) is 13.7 Å². The van der Waals surface area contributed by atoms with Gasteiger partial charge >= 0.3 is 12.0 Å². The summed E-state index contributed by atoms with van der Waals surface area (Å²) in [5.74, 6) is 5.46. The molecule has 5 nitrogen and oxygen atoms in total. The van der Waals surface area contributed by atoms with Crippen molar-refractivity contribution in [1.29, 1.82) is 0 Å². The van der Waals surface area contributed by atoms with Gasteiger partial charge in [-0.3, -0.25) is 0 Å². The number of rotatable bonds is 4. The number of amides is 2. The Bertz CT molecular complexity index is 744. The zero-order chi connectivity index (χ0) is 17.2. The number of benzene rings is 2. The molecule has 0 saturated carbocycles. The van der Waals surface area contributed by atoms with Crippen molar-refractivity contribution in [3.05, 3.63) is 71.3 Å². The SMILES string of the molecule is COC(=O)c1ccc(CNC(=O)NCC#Cc2ccccc2)cc1. The number of hydrogen-bond donors (Lipinski definition) is 2. The zero-order valence-corrected chi connectivity index (χ0v) is 13.3. The minimum Gasteiger partial charge on any atom is -0.465 e. The molecule has 0 aliphatic carbocycles. The number of esters is 1. The second kappa shape index (κ2) is 9.01. The van der Waals surface area contributed by atoms with E-state index in [9.17, 15) is 9.59 Å². The molecular formula is C19H18N2O3. The van der Waals surface area contributed by atoms with Gasteiger partial charge in [0.05, 0.1) is 19.2 Å². The van der Waals surface area contributed by atoms with E-state index in [2.05, 4.69) is 27.2 Å². The number of methoxy groups -OCH3 is 1. The molecule has 24 heavy (non-hydrogen) atoms. The number of carbonyl (C=O) groups excluding carboxylic acids is 2. The van der Waals surface area contributed by atoms with Gasteiger partial charge in [0.2, 0.25) is 0 Å². The molecule has 0 atom stereocenters. The Morgan fingerprint density at radius 2 is 1.71 bits per heavy atom. The summed E-state index contributed by atoms with van der Waals surface area (Å²) in [5, 5.41) is 5.39. The third-order valence-electron chi connectivity index (χ3n) is 3.17. The van der Waals surface area contributed by atoms with E-state index in [1.165, 1.54) is 7.11 Å². The predicted molar refractivity (Wildman–Crippen MR) is 91.3 cm³/mol. The fraction of sp³-hybridized carbons (Fsp3) is 0.158. The van der Waals surface area contributed by atoms with Gasteiger partial charge in [0.1, 0.15) is 0 Å². The second-order valence-electron chi connectivity index (χ2n) is 4.89. The molecule has 2 aromatic carbocycles. The number of ether oxygens (including phenoxy) is 1. The smallest absolute Gasteiger partial charge is 0.337 e. The van der Waals surface area contributed by atoms with Crippen LogP contribution in [0, 0.1) is 11.8 Å². The molecule has 0 spiro atoms. The molecule has 122 valence electrons. The Hall–Kier alpha value is -3.26. The van der Waals surface area contributed by atoms with Crippen molar-refractivity contribution >= 4 is 12.0 Å². The lowest BCUT2D eigenvalue weighted by Gasteiger charge is -2.06. The maximum absolute atomic E-state index is 11.7. The third-order valence-corrected chi connectivity index (χ3v) is 3.17. The van der Waals surface area contributed by atoms with Gasteiger partial charge in [-0.2, -0.15) is 0 Å². The third kappa shape index (κ3) is 5.50. The van der Waals surface area contributed by atoms with Gasteiger partial charge in [-0.05, 0) is 29.8 Å². The van der Waals surface area contributed by atoms with Crippen LogP contribution in [0.4, 0.5) is 4.79 Å². The maximum atomic E-state index is 11.7. The number of urea groups is 1. The first-order valence-electron chi connectivity index (χ1n) is 7.42. The lowest BCUT2D eigenvalue weighted by atomic mass is 10.1. The van der Waals surface area contributed by atoms with E-state index < -0.39 is 0 Å². The molecule has 0 heterocycles. The lowest BCUT2D eigenvalue weighted by molar-refractivity contribution is 0.0600. The monoisotopic (exact) mass is 322 g/mol. The van der Waals surface area contributed by atoms with Crippen LogP contribution in [0.3, 0.4) is 0 Å². The van der Waals surface area contributed by atoms with Crippen molar-refractivity contribution in [3.63, 3.8) is 0 Å². The van der Waals surface area contributed by atoms with Crippen LogP contribution in [0.15, 0.2) is 54.6 Å². The van der Waals surface area contributed by atoms with Crippen LogP contribution in [0.2, 0.25) is 0 Å². The molecule has 0 bridgehead atoms. The van der Waals surface area contributed by atoms with E-state index in [-0.39, 0.29) is 18.5 Å². The predicted octanol–water partition coefficient (Wildman–Crippen LogP) is 2.32. The highest BCUT2D eigenvalue weighted by Gasteiger charge is 2.04. The van der Waals surface area contributed by atoms with E-state index in [4.69, 9.17) is 0 Å². The highest BCUT2D eigenvalue weighted by molar-refractivity contribution is 5.89. The molecule has 0 saturated heterocycles. The van der Waals surface area contributed by atoms with E-state index in [0.717, 1.165) is 11.1 Å². The molecule has 0 unspecified atom stereocenters. The van der Waals surface area contributed by atoms with Crippen LogP contribution >= 0.6 is 0 Å². The van der Waals surface area contributed by atoms with Gasteiger partial charge in [0.15, 0.2) is 0 Å². The summed E-state index contributed by atoms with van der Waals surface area (Å²) in [4.78, 5) is 23.0. The summed E-state index contributed by atoms with van der Waals surface area (Å²) in [6, 6.07) is 16.1. The Morgan fingerprint density at radius 3 is 2.38 bits per heavy atom. The molecular weight excluding hydrogens is 304 g/mol. The van der Waals surface area contributed by atoms with E-state index in [1.807, 2.05) is 30.3 Å². The van der Waals surface area contributed by atoms with Crippen LogP contribution in [-0.2, 0) is 11.3 Å². The van der Waals surface area contributed by atoms with Crippen LogP contribution < -0.4 is 10.6 Å². The van der Waals surface area contributed by atoms with Crippen molar-refractivity contribution in [3.8, 4) is 11.8 Å². The van der Waals surface area contributed by atoms with Crippen LogP contribution in [-0.4, -0.2) is 25.7 Å². The standard InChI is InChI=1S/C19H18N2O3/c1-24-18(22)17-11-9-16(10-12-17)14-21-19(23)20-13-5-8-15-6-3-2-4-7-15/h2-4,6-7,9-12H,13-14H2,1H3,(H2,20,21,23). The normalized spacial score (nSPS) is 9.38. The number of hydrogen-bond acceptors (Lipinski definition) is 3.